The van der Waals surface area contributed by atoms with E-state index >= 15 is 0 Å². The molecular weight excluding hydrogens is 245 g/mol. The van der Waals surface area contributed by atoms with E-state index < -0.39 is 6.10 Å². The number of hydrogen-bond donors (Lipinski definition) is 1. The lowest BCUT2D eigenvalue weighted by atomic mass is 10.0. The molecule has 0 fully saturated rings. The Morgan fingerprint density at radius 2 is 2.11 bits per heavy atom. The molecule has 0 bridgehead atoms. The second-order valence-corrected chi connectivity index (χ2v) is 4.40. The summed E-state index contributed by atoms with van der Waals surface area (Å²) >= 11 is 0. The summed E-state index contributed by atoms with van der Waals surface area (Å²) in [6.07, 6.45) is 1.40. The van der Waals surface area contributed by atoms with Crippen LogP contribution in [0.5, 0.6) is 0 Å². The van der Waals surface area contributed by atoms with Gasteiger partial charge in [0.15, 0.2) is 6.10 Å². The molecule has 1 rings (SSSR count). The molecule has 0 aliphatic rings. The molecule has 19 heavy (non-hydrogen) atoms. The SMILES string of the molecule is CCCCOC(C(=N)OCC)c1ccc(F)cc1C. The van der Waals surface area contributed by atoms with Crippen LogP contribution in [-0.2, 0) is 9.47 Å². The van der Waals surface area contributed by atoms with Gasteiger partial charge in [-0.1, -0.05) is 19.4 Å². The molecule has 106 valence electrons. The van der Waals surface area contributed by atoms with E-state index in [4.69, 9.17) is 14.9 Å². The van der Waals surface area contributed by atoms with Crippen molar-refractivity contribution in [3.63, 3.8) is 0 Å². The first-order valence-electron chi connectivity index (χ1n) is 6.69. The minimum atomic E-state index is -0.549. The number of halogens is 1. The van der Waals surface area contributed by atoms with Crippen LogP contribution < -0.4 is 0 Å². The zero-order valence-corrected chi connectivity index (χ0v) is 11.8. The number of rotatable bonds is 7. The monoisotopic (exact) mass is 267 g/mol. The van der Waals surface area contributed by atoms with Gasteiger partial charge in [0.25, 0.3) is 0 Å². The number of hydrogen-bond acceptors (Lipinski definition) is 3. The van der Waals surface area contributed by atoms with Gasteiger partial charge in [-0.05, 0) is 43.5 Å². The predicted molar refractivity (Wildman–Crippen MR) is 74.1 cm³/mol. The van der Waals surface area contributed by atoms with E-state index in [-0.39, 0.29) is 11.7 Å². The number of unbranched alkanes of at least 4 members (excludes halogenated alkanes) is 1. The molecular formula is C15H22FNO2. The van der Waals surface area contributed by atoms with Gasteiger partial charge in [0.2, 0.25) is 5.90 Å². The average Bonchev–Trinajstić information content (AvgIpc) is 2.36. The molecule has 0 saturated heterocycles. The summed E-state index contributed by atoms with van der Waals surface area (Å²) in [6.45, 7) is 6.71. The molecule has 0 spiro atoms. The van der Waals surface area contributed by atoms with Gasteiger partial charge in [0.05, 0.1) is 6.61 Å². The third-order valence-corrected chi connectivity index (χ3v) is 2.83. The van der Waals surface area contributed by atoms with Gasteiger partial charge in [0.1, 0.15) is 5.82 Å². The Labute approximate surface area is 114 Å². The third-order valence-electron chi connectivity index (χ3n) is 2.83. The van der Waals surface area contributed by atoms with Gasteiger partial charge >= 0.3 is 0 Å². The summed E-state index contributed by atoms with van der Waals surface area (Å²) in [7, 11) is 0. The molecule has 1 atom stereocenters. The van der Waals surface area contributed by atoms with Gasteiger partial charge in [-0.15, -0.1) is 0 Å². The van der Waals surface area contributed by atoms with E-state index in [1.54, 1.807) is 6.07 Å². The highest BCUT2D eigenvalue weighted by atomic mass is 19.1. The normalized spacial score (nSPS) is 12.2. The maximum atomic E-state index is 13.1. The van der Waals surface area contributed by atoms with Gasteiger partial charge in [-0.25, -0.2) is 4.39 Å². The maximum Gasteiger partial charge on any atom is 0.215 e. The molecule has 0 aromatic heterocycles. The topological polar surface area (TPSA) is 42.3 Å². The largest absolute Gasteiger partial charge is 0.479 e. The fourth-order valence-electron chi connectivity index (χ4n) is 1.82. The van der Waals surface area contributed by atoms with Crippen LogP contribution in [0.2, 0.25) is 0 Å². The molecule has 1 unspecified atom stereocenters. The van der Waals surface area contributed by atoms with E-state index in [9.17, 15) is 4.39 Å². The van der Waals surface area contributed by atoms with Crippen molar-refractivity contribution in [1.29, 1.82) is 5.41 Å². The van der Waals surface area contributed by atoms with Crippen molar-refractivity contribution in [3.8, 4) is 0 Å². The van der Waals surface area contributed by atoms with E-state index in [0.717, 1.165) is 24.0 Å². The minimum absolute atomic E-state index is 0.0771. The lowest BCUT2D eigenvalue weighted by Crippen LogP contribution is -2.20. The predicted octanol–water partition coefficient (Wildman–Crippen LogP) is 4.01. The zero-order chi connectivity index (χ0) is 14.3. The van der Waals surface area contributed by atoms with Crippen LogP contribution >= 0.6 is 0 Å². The van der Waals surface area contributed by atoms with Crippen LogP contribution in [0.15, 0.2) is 18.2 Å². The zero-order valence-electron chi connectivity index (χ0n) is 11.8. The smallest absolute Gasteiger partial charge is 0.215 e. The quantitative estimate of drug-likeness (QED) is 0.461. The lowest BCUT2D eigenvalue weighted by Gasteiger charge is -2.20. The molecule has 0 radical (unpaired) electrons. The second kappa shape index (κ2) is 7.89. The van der Waals surface area contributed by atoms with Crippen molar-refractivity contribution >= 4 is 5.90 Å². The minimum Gasteiger partial charge on any atom is -0.479 e. The molecule has 0 saturated carbocycles. The van der Waals surface area contributed by atoms with Crippen LogP contribution in [0.1, 0.15) is 43.9 Å². The molecule has 0 heterocycles. The van der Waals surface area contributed by atoms with Gasteiger partial charge in [-0.2, -0.15) is 0 Å². The van der Waals surface area contributed by atoms with Gasteiger partial charge in [-0.3, -0.25) is 5.41 Å². The van der Waals surface area contributed by atoms with Crippen molar-refractivity contribution < 1.29 is 13.9 Å². The van der Waals surface area contributed by atoms with Crippen LogP contribution in [0.4, 0.5) is 4.39 Å². The van der Waals surface area contributed by atoms with Crippen molar-refractivity contribution in [1.82, 2.24) is 0 Å². The first kappa shape index (κ1) is 15.6. The number of aryl methyl sites for hydroxylation is 1. The van der Waals surface area contributed by atoms with Crippen molar-refractivity contribution in [2.45, 2.75) is 39.7 Å². The summed E-state index contributed by atoms with van der Waals surface area (Å²) in [6, 6.07) is 4.50. The highest BCUT2D eigenvalue weighted by Crippen LogP contribution is 2.24. The molecule has 1 aromatic rings. The Bertz CT molecular complexity index is 421. The average molecular weight is 267 g/mol. The molecule has 4 heteroatoms. The van der Waals surface area contributed by atoms with Crippen LogP contribution in [0, 0.1) is 18.2 Å². The molecule has 1 aromatic carbocycles. The molecule has 1 N–H and O–H groups in total. The Morgan fingerprint density at radius 1 is 1.37 bits per heavy atom. The number of ether oxygens (including phenoxy) is 2. The Morgan fingerprint density at radius 3 is 2.68 bits per heavy atom. The summed E-state index contributed by atoms with van der Waals surface area (Å²) in [4.78, 5) is 0. The highest BCUT2D eigenvalue weighted by Gasteiger charge is 2.21. The Kier molecular flexibility index (Phi) is 6.50. The van der Waals surface area contributed by atoms with Crippen molar-refractivity contribution in [2.24, 2.45) is 0 Å². The Balaban J connectivity index is 2.90. The lowest BCUT2D eigenvalue weighted by molar-refractivity contribution is 0.0749. The molecule has 0 aliphatic heterocycles. The van der Waals surface area contributed by atoms with Gasteiger partial charge < -0.3 is 9.47 Å². The van der Waals surface area contributed by atoms with Crippen LogP contribution in [-0.4, -0.2) is 19.1 Å². The second-order valence-electron chi connectivity index (χ2n) is 4.40. The fraction of sp³-hybridized carbons (Fsp3) is 0.533. The molecule has 0 aliphatic carbocycles. The standard InChI is InChI=1S/C15H22FNO2/c1-4-6-9-19-14(15(17)18-5-2)13-8-7-12(16)10-11(13)3/h7-8,10,14,17H,4-6,9H2,1-3H3. The first-order valence-corrected chi connectivity index (χ1v) is 6.69. The van der Waals surface area contributed by atoms with Gasteiger partial charge in [0, 0.05) is 6.61 Å². The van der Waals surface area contributed by atoms with Crippen molar-refractivity contribution in [3.05, 3.63) is 35.1 Å². The maximum absolute atomic E-state index is 13.1. The van der Waals surface area contributed by atoms with E-state index in [2.05, 4.69) is 6.92 Å². The van der Waals surface area contributed by atoms with Crippen LogP contribution in [0.25, 0.3) is 0 Å². The number of benzene rings is 1. The molecule has 0 amide bonds. The summed E-state index contributed by atoms with van der Waals surface area (Å²) in [5.41, 5.74) is 1.56. The summed E-state index contributed by atoms with van der Waals surface area (Å²) < 4.78 is 24.1. The van der Waals surface area contributed by atoms with E-state index in [1.165, 1.54) is 12.1 Å². The Hall–Kier alpha value is -1.42. The fourth-order valence-corrected chi connectivity index (χ4v) is 1.82. The highest BCUT2D eigenvalue weighted by molar-refractivity contribution is 5.79. The van der Waals surface area contributed by atoms with E-state index in [1.807, 2.05) is 13.8 Å². The molecule has 3 nitrogen and oxygen atoms in total. The first-order chi connectivity index (χ1) is 9.10. The van der Waals surface area contributed by atoms with Crippen molar-refractivity contribution in [2.75, 3.05) is 13.2 Å². The summed E-state index contributed by atoms with van der Waals surface area (Å²) in [5.74, 6) is -0.204. The number of nitrogens with one attached hydrogen (secondary N) is 1. The van der Waals surface area contributed by atoms with E-state index in [0.29, 0.717) is 13.2 Å². The summed E-state index contributed by atoms with van der Waals surface area (Å²) in [5, 5.41) is 7.93. The third kappa shape index (κ3) is 4.63. The van der Waals surface area contributed by atoms with Crippen LogP contribution in [0.3, 0.4) is 0 Å².